The maximum absolute atomic E-state index is 13.3. The van der Waals surface area contributed by atoms with Gasteiger partial charge in [-0.25, -0.2) is 0 Å². The first-order valence-corrected chi connectivity index (χ1v) is 10.6. The monoisotopic (exact) mass is 398 g/mol. The number of fused-ring (bicyclic) bond motifs is 3. The first-order valence-electron chi connectivity index (χ1n) is 10.6. The van der Waals surface area contributed by atoms with E-state index in [4.69, 9.17) is 0 Å². The van der Waals surface area contributed by atoms with Crippen LogP contribution < -0.4 is 15.1 Å². The van der Waals surface area contributed by atoms with Gasteiger partial charge in [0, 0.05) is 37.2 Å². The van der Waals surface area contributed by atoms with E-state index in [-0.39, 0.29) is 17.9 Å². The van der Waals surface area contributed by atoms with E-state index in [2.05, 4.69) is 68.6 Å². The Bertz CT molecular complexity index is 1010. The van der Waals surface area contributed by atoms with Crippen molar-refractivity contribution in [2.75, 3.05) is 29.4 Å². The molecule has 5 rings (SSSR count). The van der Waals surface area contributed by atoms with Crippen LogP contribution in [0.25, 0.3) is 0 Å². The summed E-state index contributed by atoms with van der Waals surface area (Å²) in [6.45, 7) is 3.19. The molecule has 0 spiro atoms. The number of carbonyl (C=O) groups is 1. The fourth-order valence-corrected chi connectivity index (χ4v) is 4.74. The third-order valence-electron chi connectivity index (χ3n) is 6.25. The predicted octanol–water partition coefficient (Wildman–Crippen LogP) is 3.27. The topological polar surface area (TPSA) is 48.5 Å². The molecule has 2 atom stereocenters. The van der Waals surface area contributed by atoms with Gasteiger partial charge >= 0.3 is 0 Å². The smallest absolute Gasteiger partial charge is 0.225 e. The van der Waals surface area contributed by atoms with E-state index < -0.39 is 0 Å². The number of piperazine rings is 1. The lowest BCUT2D eigenvalue weighted by Gasteiger charge is -2.49. The average Bonchev–Trinajstić information content (AvgIpc) is 2.83. The molecule has 2 aromatic carbocycles. The Balaban J connectivity index is 1.39. The summed E-state index contributed by atoms with van der Waals surface area (Å²) in [5.41, 5.74) is 4.65. The second kappa shape index (κ2) is 8.19. The standard InChI is InChI=1S/C25H26N4O/c30-25(27-17-20-9-6-7-13-26-20)22-16-19-8-4-5-12-23(19)29-15-14-28(18-24(22)29)21-10-2-1-3-11-21/h1-13,22,24H,14-18H2,(H,27,30)/t22-,24+/m0/s1. The molecule has 3 heterocycles. The Hall–Kier alpha value is -3.34. The molecule has 1 amide bonds. The van der Waals surface area contributed by atoms with Crippen LogP contribution >= 0.6 is 0 Å². The number of benzene rings is 2. The van der Waals surface area contributed by atoms with Crippen LogP contribution in [0.2, 0.25) is 0 Å². The van der Waals surface area contributed by atoms with E-state index in [1.807, 2.05) is 24.3 Å². The van der Waals surface area contributed by atoms with Crippen LogP contribution in [-0.2, 0) is 17.8 Å². The van der Waals surface area contributed by atoms with Gasteiger partial charge in [-0.1, -0.05) is 42.5 Å². The van der Waals surface area contributed by atoms with E-state index in [0.717, 1.165) is 31.7 Å². The van der Waals surface area contributed by atoms with E-state index in [1.165, 1.54) is 16.9 Å². The van der Waals surface area contributed by atoms with Gasteiger partial charge in [-0.15, -0.1) is 0 Å². The molecule has 0 unspecified atom stereocenters. The highest BCUT2D eigenvalue weighted by Crippen LogP contribution is 2.36. The zero-order chi connectivity index (χ0) is 20.3. The number of hydrogen-bond acceptors (Lipinski definition) is 4. The van der Waals surface area contributed by atoms with Crippen LogP contribution in [0.5, 0.6) is 0 Å². The molecule has 1 aromatic heterocycles. The van der Waals surface area contributed by atoms with Gasteiger partial charge in [0.05, 0.1) is 24.2 Å². The summed E-state index contributed by atoms with van der Waals surface area (Å²) in [4.78, 5) is 22.5. The van der Waals surface area contributed by atoms with Crippen LogP contribution in [-0.4, -0.2) is 36.6 Å². The maximum atomic E-state index is 13.3. The van der Waals surface area contributed by atoms with Crippen molar-refractivity contribution in [2.24, 2.45) is 5.92 Å². The molecule has 1 N–H and O–H groups in total. The third kappa shape index (κ3) is 3.63. The van der Waals surface area contributed by atoms with Gasteiger partial charge in [0.1, 0.15) is 0 Å². The van der Waals surface area contributed by atoms with Gasteiger partial charge in [0.15, 0.2) is 0 Å². The molecule has 0 bridgehead atoms. The molecule has 3 aromatic rings. The van der Waals surface area contributed by atoms with Crippen molar-refractivity contribution in [3.63, 3.8) is 0 Å². The lowest BCUT2D eigenvalue weighted by molar-refractivity contribution is -0.126. The highest BCUT2D eigenvalue weighted by Gasteiger charge is 2.41. The molecule has 0 aliphatic carbocycles. The summed E-state index contributed by atoms with van der Waals surface area (Å²) in [6, 6.07) is 25.0. The molecule has 1 saturated heterocycles. The summed E-state index contributed by atoms with van der Waals surface area (Å²) < 4.78 is 0. The minimum atomic E-state index is -0.0878. The van der Waals surface area contributed by atoms with Crippen LogP contribution in [0.4, 0.5) is 11.4 Å². The third-order valence-corrected chi connectivity index (χ3v) is 6.25. The number of hydrogen-bond donors (Lipinski definition) is 1. The van der Waals surface area contributed by atoms with Gasteiger partial charge in [-0.2, -0.15) is 0 Å². The zero-order valence-electron chi connectivity index (χ0n) is 16.9. The Kier molecular flexibility index (Phi) is 5.10. The Labute approximate surface area is 177 Å². The second-order valence-corrected chi connectivity index (χ2v) is 8.02. The normalized spacial score (nSPS) is 20.3. The second-order valence-electron chi connectivity index (χ2n) is 8.02. The zero-order valence-corrected chi connectivity index (χ0v) is 16.9. The van der Waals surface area contributed by atoms with Crippen LogP contribution in [0.1, 0.15) is 11.3 Å². The van der Waals surface area contributed by atoms with E-state index in [9.17, 15) is 4.79 Å². The Morgan fingerprint density at radius 3 is 2.60 bits per heavy atom. The first kappa shape index (κ1) is 18.7. The Morgan fingerprint density at radius 2 is 1.77 bits per heavy atom. The Morgan fingerprint density at radius 1 is 0.967 bits per heavy atom. The van der Waals surface area contributed by atoms with E-state index in [1.54, 1.807) is 6.20 Å². The maximum Gasteiger partial charge on any atom is 0.225 e. The molecule has 152 valence electrons. The van der Waals surface area contributed by atoms with Crippen LogP contribution in [0, 0.1) is 5.92 Å². The van der Waals surface area contributed by atoms with Crippen LogP contribution in [0.15, 0.2) is 79.0 Å². The number of rotatable bonds is 4. The summed E-state index contributed by atoms with van der Waals surface area (Å²) in [6.07, 6.45) is 2.53. The molecule has 5 nitrogen and oxygen atoms in total. The molecule has 5 heteroatoms. The summed E-state index contributed by atoms with van der Waals surface area (Å²) in [7, 11) is 0. The fraction of sp³-hybridized carbons (Fsp3) is 0.280. The number of para-hydroxylation sites is 2. The summed E-state index contributed by atoms with van der Waals surface area (Å²) in [5.74, 6) is 0.0233. The number of amides is 1. The van der Waals surface area contributed by atoms with E-state index >= 15 is 0 Å². The predicted molar refractivity (Wildman–Crippen MR) is 120 cm³/mol. The molecule has 2 aliphatic heterocycles. The molecule has 0 saturated carbocycles. The van der Waals surface area contributed by atoms with Crippen molar-refractivity contribution in [1.29, 1.82) is 0 Å². The number of nitrogens with one attached hydrogen (secondary N) is 1. The lowest BCUT2D eigenvalue weighted by Crippen LogP contribution is -2.61. The van der Waals surface area contributed by atoms with Gasteiger partial charge in [0.25, 0.3) is 0 Å². The number of anilines is 2. The fourth-order valence-electron chi connectivity index (χ4n) is 4.74. The molecule has 30 heavy (non-hydrogen) atoms. The molecule has 1 fully saturated rings. The first-order chi connectivity index (χ1) is 14.8. The molecule has 2 aliphatic rings. The van der Waals surface area contributed by atoms with Crippen molar-refractivity contribution >= 4 is 17.3 Å². The number of aromatic nitrogens is 1. The van der Waals surface area contributed by atoms with Gasteiger partial charge in [0.2, 0.25) is 5.91 Å². The molecular weight excluding hydrogens is 372 g/mol. The van der Waals surface area contributed by atoms with Crippen molar-refractivity contribution < 1.29 is 4.79 Å². The SMILES string of the molecule is O=C(NCc1ccccn1)[C@H]1Cc2ccccc2N2CCN(c3ccccc3)C[C@H]12. The highest BCUT2D eigenvalue weighted by atomic mass is 16.1. The summed E-state index contributed by atoms with van der Waals surface area (Å²) >= 11 is 0. The average molecular weight is 399 g/mol. The van der Waals surface area contributed by atoms with Crippen molar-refractivity contribution in [2.45, 2.75) is 19.0 Å². The molecule has 0 radical (unpaired) electrons. The van der Waals surface area contributed by atoms with E-state index in [0.29, 0.717) is 6.54 Å². The van der Waals surface area contributed by atoms with Gasteiger partial charge < -0.3 is 15.1 Å². The number of nitrogens with zero attached hydrogens (tertiary/aromatic N) is 3. The van der Waals surface area contributed by atoms with Gasteiger partial charge in [-0.3, -0.25) is 9.78 Å². The largest absolute Gasteiger partial charge is 0.368 e. The minimum absolute atomic E-state index is 0.0878. The number of pyridine rings is 1. The number of carbonyl (C=O) groups excluding carboxylic acids is 1. The van der Waals surface area contributed by atoms with Gasteiger partial charge in [-0.05, 0) is 42.3 Å². The quantitative estimate of drug-likeness (QED) is 0.733. The highest BCUT2D eigenvalue weighted by molar-refractivity contribution is 5.82. The van der Waals surface area contributed by atoms with Crippen molar-refractivity contribution in [3.05, 3.63) is 90.3 Å². The van der Waals surface area contributed by atoms with Crippen molar-refractivity contribution in [1.82, 2.24) is 10.3 Å². The van der Waals surface area contributed by atoms with Crippen LogP contribution in [0.3, 0.4) is 0 Å². The minimum Gasteiger partial charge on any atom is -0.368 e. The lowest BCUT2D eigenvalue weighted by atomic mass is 9.83. The summed E-state index contributed by atoms with van der Waals surface area (Å²) in [5, 5.41) is 3.14. The van der Waals surface area contributed by atoms with Crippen molar-refractivity contribution in [3.8, 4) is 0 Å². The molecular formula is C25H26N4O.